The van der Waals surface area contributed by atoms with Gasteiger partial charge in [0, 0.05) is 18.7 Å². The monoisotopic (exact) mass is 297 g/mol. The molecule has 6 heteroatoms. The predicted octanol–water partition coefficient (Wildman–Crippen LogP) is 2.27. The molecular formula is C14H19NO4S. The third-order valence-electron chi connectivity index (χ3n) is 3.66. The second kappa shape index (κ2) is 6.85. The molecule has 1 amide bonds. The molecule has 1 aromatic heterocycles. The van der Waals surface area contributed by atoms with Gasteiger partial charge in [-0.2, -0.15) is 0 Å². The highest BCUT2D eigenvalue weighted by Crippen LogP contribution is 2.25. The highest BCUT2D eigenvalue weighted by Gasteiger charge is 2.27. The van der Waals surface area contributed by atoms with Crippen molar-refractivity contribution in [2.45, 2.75) is 38.3 Å². The van der Waals surface area contributed by atoms with Crippen LogP contribution in [0.1, 0.15) is 40.9 Å². The van der Waals surface area contributed by atoms with Crippen LogP contribution < -0.4 is 5.32 Å². The summed E-state index contributed by atoms with van der Waals surface area (Å²) in [6.07, 6.45) is 2.73. The zero-order valence-corrected chi connectivity index (χ0v) is 12.2. The van der Waals surface area contributed by atoms with Gasteiger partial charge in [-0.15, -0.1) is 11.3 Å². The van der Waals surface area contributed by atoms with E-state index in [1.165, 1.54) is 11.3 Å². The van der Waals surface area contributed by atoms with Gasteiger partial charge in [0.2, 0.25) is 0 Å². The lowest BCUT2D eigenvalue weighted by atomic mass is 9.86. The Hall–Kier alpha value is -1.40. The van der Waals surface area contributed by atoms with E-state index in [1.807, 2.05) is 11.4 Å². The number of ether oxygens (including phenoxy) is 1. The van der Waals surface area contributed by atoms with Crippen LogP contribution in [0, 0.1) is 5.92 Å². The van der Waals surface area contributed by atoms with E-state index in [-0.39, 0.29) is 17.9 Å². The van der Waals surface area contributed by atoms with Crippen molar-refractivity contribution in [1.29, 1.82) is 0 Å². The third kappa shape index (κ3) is 3.58. The molecule has 110 valence electrons. The Bertz CT molecular complexity index is 477. The second-order valence-corrected chi connectivity index (χ2v) is 5.98. The fraction of sp³-hybridized carbons (Fsp3) is 0.571. The van der Waals surface area contributed by atoms with Gasteiger partial charge in [0.1, 0.15) is 0 Å². The third-order valence-corrected chi connectivity index (χ3v) is 4.62. The second-order valence-electron chi connectivity index (χ2n) is 5.07. The largest absolute Gasteiger partial charge is 0.481 e. The Kier molecular flexibility index (Phi) is 5.14. The number of carboxylic acid groups (broad SMARTS) is 1. The van der Waals surface area contributed by atoms with Crippen LogP contribution in [-0.4, -0.2) is 30.1 Å². The zero-order valence-electron chi connectivity index (χ0n) is 11.4. The van der Waals surface area contributed by atoms with Crippen LogP contribution >= 0.6 is 11.3 Å². The van der Waals surface area contributed by atoms with Crippen molar-refractivity contribution >= 4 is 23.2 Å². The summed E-state index contributed by atoms with van der Waals surface area (Å²) in [4.78, 5) is 23.8. The summed E-state index contributed by atoms with van der Waals surface area (Å²) in [5, 5.41) is 13.8. The van der Waals surface area contributed by atoms with E-state index in [4.69, 9.17) is 9.84 Å². The minimum Gasteiger partial charge on any atom is -0.481 e. The lowest BCUT2D eigenvalue weighted by Gasteiger charge is -2.26. The molecule has 2 rings (SSSR count). The number of rotatable bonds is 5. The Morgan fingerprint density at radius 1 is 1.40 bits per heavy atom. The van der Waals surface area contributed by atoms with Gasteiger partial charge in [-0.1, -0.05) is 0 Å². The fourth-order valence-electron chi connectivity index (χ4n) is 2.54. The summed E-state index contributed by atoms with van der Waals surface area (Å²) in [6.45, 7) is 0.429. The van der Waals surface area contributed by atoms with Crippen LogP contribution in [0.4, 0.5) is 0 Å². The van der Waals surface area contributed by atoms with Crippen LogP contribution in [0.3, 0.4) is 0 Å². The van der Waals surface area contributed by atoms with Crippen LogP contribution in [0.5, 0.6) is 0 Å². The lowest BCUT2D eigenvalue weighted by molar-refractivity contribution is -0.142. The van der Waals surface area contributed by atoms with Gasteiger partial charge in [0.15, 0.2) is 0 Å². The van der Waals surface area contributed by atoms with E-state index >= 15 is 0 Å². The summed E-state index contributed by atoms with van der Waals surface area (Å²) < 4.78 is 5.07. The number of nitrogens with one attached hydrogen (secondary N) is 1. The molecule has 0 bridgehead atoms. The molecule has 2 N–H and O–H groups in total. The van der Waals surface area contributed by atoms with E-state index in [0.717, 1.165) is 18.4 Å². The van der Waals surface area contributed by atoms with Gasteiger partial charge in [-0.05, 0) is 37.1 Å². The van der Waals surface area contributed by atoms with Crippen molar-refractivity contribution < 1.29 is 19.4 Å². The maximum Gasteiger partial charge on any atom is 0.306 e. The van der Waals surface area contributed by atoms with Gasteiger partial charge in [-0.3, -0.25) is 9.59 Å². The average molecular weight is 297 g/mol. The van der Waals surface area contributed by atoms with Gasteiger partial charge >= 0.3 is 5.97 Å². The molecule has 0 aromatic carbocycles. The smallest absolute Gasteiger partial charge is 0.306 e. The Labute approximate surface area is 121 Å². The summed E-state index contributed by atoms with van der Waals surface area (Å²) in [5.74, 6) is -1.06. The Balaban J connectivity index is 1.89. The number of amides is 1. The highest BCUT2D eigenvalue weighted by atomic mass is 32.1. The molecule has 1 fully saturated rings. The first-order valence-electron chi connectivity index (χ1n) is 6.70. The molecule has 0 saturated heterocycles. The number of hydrogen-bond acceptors (Lipinski definition) is 4. The van der Waals surface area contributed by atoms with Gasteiger partial charge in [0.05, 0.1) is 17.4 Å². The minimum absolute atomic E-state index is 0.0779. The molecule has 1 heterocycles. The standard InChI is InChI=1S/C14H19NO4S/c1-19-8-10-6-7-20-12(10)13(16)15-11-4-2-9(3-5-11)14(17)18/h6-7,9,11H,2-5,8H2,1H3,(H,15,16)(H,17,18). The van der Waals surface area contributed by atoms with Crippen molar-refractivity contribution in [2.24, 2.45) is 5.92 Å². The zero-order chi connectivity index (χ0) is 14.5. The van der Waals surface area contributed by atoms with Crippen molar-refractivity contribution in [1.82, 2.24) is 5.32 Å². The molecule has 0 radical (unpaired) electrons. The fourth-order valence-corrected chi connectivity index (χ4v) is 3.35. The van der Waals surface area contributed by atoms with E-state index in [1.54, 1.807) is 7.11 Å². The molecule has 0 spiro atoms. The van der Waals surface area contributed by atoms with Gasteiger partial charge in [-0.25, -0.2) is 0 Å². The quantitative estimate of drug-likeness (QED) is 0.874. The molecule has 1 saturated carbocycles. The Morgan fingerprint density at radius 3 is 2.70 bits per heavy atom. The number of carboxylic acids is 1. The molecular weight excluding hydrogens is 278 g/mol. The van der Waals surface area contributed by atoms with E-state index < -0.39 is 5.97 Å². The normalized spacial score (nSPS) is 22.4. The number of methoxy groups -OCH3 is 1. The SMILES string of the molecule is COCc1ccsc1C(=O)NC1CCC(C(=O)O)CC1. The molecule has 1 aromatic rings. The van der Waals surface area contributed by atoms with Crippen molar-refractivity contribution in [3.05, 3.63) is 21.9 Å². The predicted molar refractivity (Wildman–Crippen MR) is 75.9 cm³/mol. The first-order valence-corrected chi connectivity index (χ1v) is 7.58. The van der Waals surface area contributed by atoms with Crippen LogP contribution in [0.2, 0.25) is 0 Å². The maximum atomic E-state index is 12.2. The lowest BCUT2D eigenvalue weighted by Crippen LogP contribution is -2.38. The first kappa shape index (κ1) is 15.0. The number of carbonyl (C=O) groups is 2. The number of hydrogen-bond donors (Lipinski definition) is 2. The van der Waals surface area contributed by atoms with Gasteiger partial charge < -0.3 is 15.2 Å². The molecule has 0 unspecified atom stereocenters. The van der Waals surface area contributed by atoms with Crippen LogP contribution in [-0.2, 0) is 16.1 Å². The molecule has 20 heavy (non-hydrogen) atoms. The number of aliphatic carboxylic acids is 1. The molecule has 5 nitrogen and oxygen atoms in total. The topological polar surface area (TPSA) is 75.6 Å². The van der Waals surface area contributed by atoms with E-state index in [2.05, 4.69) is 5.32 Å². The maximum absolute atomic E-state index is 12.2. The molecule has 1 aliphatic rings. The highest BCUT2D eigenvalue weighted by molar-refractivity contribution is 7.12. The summed E-state index contributed by atoms with van der Waals surface area (Å²) >= 11 is 1.41. The minimum atomic E-state index is -0.726. The average Bonchev–Trinajstić information content (AvgIpc) is 2.88. The summed E-state index contributed by atoms with van der Waals surface area (Å²) in [7, 11) is 1.60. The van der Waals surface area contributed by atoms with Crippen molar-refractivity contribution in [3.63, 3.8) is 0 Å². The van der Waals surface area contributed by atoms with E-state index in [9.17, 15) is 9.59 Å². The first-order chi connectivity index (χ1) is 9.61. The number of carbonyl (C=O) groups excluding carboxylic acids is 1. The molecule has 0 atom stereocenters. The molecule has 0 aliphatic heterocycles. The van der Waals surface area contributed by atoms with Crippen LogP contribution in [0.15, 0.2) is 11.4 Å². The Morgan fingerprint density at radius 2 is 2.10 bits per heavy atom. The van der Waals surface area contributed by atoms with Crippen molar-refractivity contribution in [2.75, 3.05) is 7.11 Å². The van der Waals surface area contributed by atoms with E-state index in [0.29, 0.717) is 24.3 Å². The van der Waals surface area contributed by atoms with Crippen molar-refractivity contribution in [3.8, 4) is 0 Å². The van der Waals surface area contributed by atoms with Crippen LogP contribution in [0.25, 0.3) is 0 Å². The summed E-state index contributed by atoms with van der Waals surface area (Å²) in [6, 6.07) is 1.97. The molecule has 1 aliphatic carbocycles. The van der Waals surface area contributed by atoms with Gasteiger partial charge in [0.25, 0.3) is 5.91 Å². The number of thiophene rings is 1. The summed E-state index contributed by atoms with van der Waals surface area (Å²) in [5.41, 5.74) is 0.897.